The third kappa shape index (κ3) is 3.56. The summed E-state index contributed by atoms with van der Waals surface area (Å²) in [5, 5.41) is 13.2. The van der Waals surface area contributed by atoms with Gasteiger partial charge in [0.05, 0.1) is 11.0 Å². The molecule has 0 radical (unpaired) electrons. The number of nitrogens with zero attached hydrogens (tertiary/aromatic N) is 1. The van der Waals surface area contributed by atoms with Crippen molar-refractivity contribution in [3.05, 3.63) is 39.7 Å². The highest BCUT2D eigenvalue weighted by Gasteiger charge is 2.20. The van der Waals surface area contributed by atoms with Crippen LogP contribution >= 0.6 is 0 Å². The van der Waals surface area contributed by atoms with Crippen LogP contribution in [0, 0.1) is 28.3 Å². The van der Waals surface area contributed by atoms with Crippen molar-refractivity contribution in [2.24, 2.45) is 0 Å². The van der Waals surface area contributed by atoms with Crippen molar-refractivity contribution < 1.29 is 14.1 Å². The van der Waals surface area contributed by atoms with Gasteiger partial charge in [-0.2, -0.15) is 0 Å². The van der Waals surface area contributed by atoms with Gasteiger partial charge in [-0.05, 0) is 18.6 Å². The van der Waals surface area contributed by atoms with Gasteiger partial charge < -0.3 is 5.32 Å². The molecule has 1 amide bonds. The number of nitrogens with one attached hydrogen (secondary N) is 1. The van der Waals surface area contributed by atoms with Crippen LogP contribution in [-0.2, 0) is 0 Å². The number of carbonyl (C=O) groups excluding carboxylic acids is 1. The first-order chi connectivity index (χ1) is 8.56. The molecule has 0 bridgehead atoms. The summed E-state index contributed by atoms with van der Waals surface area (Å²) in [4.78, 5) is 21.5. The number of hydrogen-bond donors (Lipinski definition) is 1. The zero-order valence-corrected chi connectivity index (χ0v) is 9.48. The van der Waals surface area contributed by atoms with E-state index in [9.17, 15) is 19.3 Å². The van der Waals surface area contributed by atoms with Crippen LogP contribution in [0.3, 0.4) is 0 Å². The lowest BCUT2D eigenvalue weighted by atomic mass is 10.1. The van der Waals surface area contributed by atoms with E-state index in [1.54, 1.807) is 0 Å². The summed E-state index contributed by atoms with van der Waals surface area (Å²) < 4.78 is 12.9. The lowest BCUT2D eigenvalue weighted by molar-refractivity contribution is -0.385. The van der Waals surface area contributed by atoms with Crippen LogP contribution in [0.25, 0.3) is 0 Å². The number of carbonyl (C=O) groups is 1. The minimum Gasteiger partial charge on any atom is -0.352 e. The van der Waals surface area contributed by atoms with Crippen molar-refractivity contribution in [2.75, 3.05) is 6.54 Å². The fourth-order valence-corrected chi connectivity index (χ4v) is 1.34. The van der Waals surface area contributed by atoms with Crippen molar-refractivity contribution in [1.29, 1.82) is 0 Å². The van der Waals surface area contributed by atoms with E-state index in [4.69, 9.17) is 6.42 Å². The van der Waals surface area contributed by atoms with Crippen molar-refractivity contribution in [1.82, 2.24) is 5.32 Å². The molecule has 0 heterocycles. The zero-order valence-electron chi connectivity index (χ0n) is 9.48. The molecule has 1 aromatic carbocycles. The van der Waals surface area contributed by atoms with Gasteiger partial charge in [0.1, 0.15) is 11.4 Å². The molecule has 1 N–H and O–H groups in total. The lowest BCUT2D eigenvalue weighted by Gasteiger charge is -2.04. The fraction of sp³-hybridized carbons (Fsp3) is 0.250. The van der Waals surface area contributed by atoms with Gasteiger partial charge in [0, 0.05) is 13.0 Å². The summed E-state index contributed by atoms with van der Waals surface area (Å²) in [6, 6.07) is 2.81. The molecule has 0 atom stereocenters. The van der Waals surface area contributed by atoms with Gasteiger partial charge in [-0.15, -0.1) is 12.3 Å². The van der Waals surface area contributed by atoms with E-state index in [2.05, 4.69) is 11.2 Å². The van der Waals surface area contributed by atoms with E-state index >= 15 is 0 Å². The Hall–Kier alpha value is -2.42. The molecule has 0 aliphatic carbocycles. The molecule has 18 heavy (non-hydrogen) atoms. The maximum atomic E-state index is 12.9. The molecular weight excluding hydrogens is 239 g/mol. The second-order valence-corrected chi connectivity index (χ2v) is 3.48. The van der Waals surface area contributed by atoms with Gasteiger partial charge in [0.25, 0.3) is 11.6 Å². The Kier molecular flexibility index (Phi) is 4.81. The zero-order chi connectivity index (χ0) is 13.5. The first-order valence-electron chi connectivity index (χ1n) is 5.22. The largest absolute Gasteiger partial charge is 0.352 e. The Morgan fingerprint density at radius 3 is 2.89 bits per heavy atom. The number of rotatable bonds is 5. The molecule has 0 aliphatic rings. The number of amides is 1. The van der Waals surface area contributed by atoms with E-state index in [1.165, 1.54) is 0 Å². The maximum Gasteiger partial charge on any atom is 0.285 e. The third-order valence-corrected chi connectivity index (χ3v) is 2.18. The average Bonchev–Trinajstić information content (AvgIpc) is 2.34. The molecular formula is C12H11FN2O3. The summed E-state index contributed by atoms with van der Waals surface area (Å²) in [6.45, 7) is 0.317. The Labute approximate surface area is 103 Å². The Balaban J connectivity index is 2.79. The van der Waals surface area contributed by atoms with Gasteiger partial charge in [-0.3, -0.25) is 14.9 Å². The molecule has 0 saturated heterocycles. The normalized spacial score (nSPS) is 9.56. The van der Waals surface area contributed by atoms with E-state index in [0.717, 1.165) is 18.2 Å². The molecule has 0 saturated carbocycles. The average molecular weight is 250 g/mol. The molecule has 94 valence electrons. The summed E-state index contributed by atoms with van der Waals surface area (Å²) in [5.74, 6) is 1.04. The molecule has 1 aromatic rings. The Morgan fingerprint density at radius 1 is 1.56 bits per heavy atom. The highest BCUT2D eigenvalue weighted by Crippen LogP contribution is 2.19. The number of hydrogen-bond acceptors (Lipinski definition) is 3. The molecule has 0 unspecified atom stereocenters. The summed E-state index contributed by atoms with van der Waals surface area (Å²) in [5.41, 5.74) is -0.716. The highest BCUT2D eigenvalue weighted by atomic mass is 19.1. The molecule has 0 spiro atoms. The van der Waals surface area contributed by atoms with Crippen LogP contribution < -0.4 is 5.32 Å². The number of terminal acetylenes is 1. The standard InChI is InChI=1S/C12H11FN2O3/c1-2-3-4-7-14-12(16)10-6-5-9(13)8-11(10)15(17)18/h1,5-6,8H,3-4,7H2,(H,14,16). The minimum absolute atomic E-state index is 0.165. The van der Waals surface area contributed by atoms with Gasteiger partial charge >= 0.3 is 0 Å². The van der Waals surface area contributed by atoms with Gasteiger partial charge in [-0.25, -0.2) is 4.39 Å². The fourth-order valence-electron chi connectivity index (χ4n) is 1.34. The monoisotopic (exact) mass is 250 g/mol. The number of nitro benzene ring substituents is 1. The quantitative estimate of drug-likeness (QED) is 0.375. The van der Waals surface area contributed by atoms with E-state index < -0.39 is 22.3 Å². The molecule has 6 heteroatoms. The van der Waals surface area contributed by atoms with Crippen molar-refractivity contribution in [3.63, 3.8) is 0 Å². The van der Waals surface area contributed by atoms with E-state index in [1.807, 2.05) is 0 Å². The minimum atomic E-state index is -0.792. The number of unbranched alkanes of at least 4 members (excludes halogenated alkanes) is 1. The van der Waals surface area contributed by atoms with Crippen LogP contribution in [-0.4, -0.2) is 17.4 Å². The summed E-state index contributed by atoms with van der Waals surface area (Å²) in [7, 11) is 0. The van der Waals surface area contributed by atoms with Crippen LogP contribution in [0.4, 0.5) is 10.1 Å². The number of halogens is 1. The second-order valence-electron chi connectivity index (χ2n) is 3.48. The highest BCUT2D eigenvalue weighted by molar-refractivity contribution is 5.98. The molecule has 0 aliphatic heterocycles. The molecule has 5 nitrogen and oxygen atoms in total. The van der Waals surface area contributed by atoms with E-state index in [-0.39, 0.29) is 5.56 Å². The first kappa shape index (κ1) is 13.6. The van der Waals surface area contributed by atoms with Crippen molar-refractivity contribution >= 4 is 11.6 Å². The smallest absolute Gasteiger partial charge is 0.285 e. The molecule has 0 fully saturated rings. The molecule has 1 rings (SSSR count). The Bertz CT molecular complexity index is 509. The predicted octanol–water partition coefficient (Wildman–Crippen LogP) is 1.88. The number of benzene rings is 1. The van der Waals surface area contributed by atoms with Gasteiger partial charge in [0.15, 0.2) is 0 Å². The lowest BCUT2D eigenvalue weighted by Crippen LogP contribution is -2.25. The predicted molar refractivity (Wildman–Crippen MR) is 63.5 cm³/mol. The first-order valence-corrected chi connectivity index (χ1v) is 5.22. The van der Waals surface area contributed by atoms with Crippen molar-refractivity contribution in [3.8, 4) is 12.3 Å². The van der Waals surface area contributed by atoms with Gasteiger partial charge in [-0.1, -0.05) is 0 Å². The summed E-state index contributed by atoms with van der Waals surface area (Å²) >= 11 is 0. The van der Waals surface area contributed by atoms with E-state index in [0.29, 0.717) is 19.4 Å². The van der Waals surface area contributed by atoms with Crippen LogP contribution in [0.15, 0.2) is 18.2 Å². The van der Waals surface area contributed by atoms with Crippen LogP contribution in [0.5, 0.6) is 0 Å². The maximum absolute atomic E-state index is 12.9. The van der Waals surface area contributed by atoms with Crippen molar-refractivity contribution in [2.45, 2.75) is 12.8 Å². The van der Waals surface area contributed by atoms with Crippen LogP contribution in [0.1, 0.15) is 23.2 Å². The molecule has 0 aromatic heterocycles. The van der Waals surface area contributed by atoms with Crippen LogP contribution in [0.2, 0.25) is 0 Å². The number of nitro groups is 1. The SMILES string of the molecule is C#CCCCNC(=O)c1ccc(F)cc1[N+](=O)[O-]. The van der Waals surface area contributed by atoms with Gasteiger partial charge in [0.2, 0.25) is 0 Å². The second kappa shape index (κ2) is 6.35. The Morgan fingerprint density at radius 2 is 2.28 bits per heavy atom. The third-order valence-electron chi connectivity index (χ3n) is 2.18. The summed E-state index contributed by atoms with van der Waals surface area (Å²) in [6.07, 6.45) is 6.13. The topological polar surface area (TPSA) is 72.2 Å².